The number of aliphatic hydroxyl groups is 1. The smallest absolute Gasteiger partial charge is 0.315 e. The number of rotatable bonds is 6. The van der Waals surface area contributed by atoms with Gasteiger partial charge in [0.05, 0.1) is 11.5 Å². The van der Waals surface area contributed by atoms with Crippen LogP contribution in [0, 0.1) is 10.1 Å². The fraction of sp³-hybridized carbons (Fsp3) is 0.455. The minimum absolute atomic E-state index is 0.00176. The number of para-hydroxylation sites is 1. The van der Waals surface area contributed by atoms with Gasteiger partial charge in [-0.3, -0.25) is 10.1 Å². The lowest BCUT2D eigenvalue weighted by Crippen LogP contribution is -2.23. The third kappa shape index (κ3) is 3.07. The molecule has 17 heavy (non-hydrogen) atoms. The summed E-state index contributed by atoms with van der Waals surface area (Å²) in [6, 6.07) is 4.83. The fourth-order valence-corrected chi connectivity index (χ4v) is 1.56. The van der Waals surface area contributed by atoms with Gasteiger partial charge in [-0.2, -0.15) is 0 Å². The molecule has 0 heterocycles. The molecule has 6 heteroatoms. The molecule has 1 unspecified atom stereocenters. The number of hydrogen-bond acceptors (Lipinski definition) is 5. The van der Waals surface area contributed by atoms with Crippen LogP contribution in [0.25, 0.3) is 0 Å². The van der Waals surface area contributed by atoms with E-state index in [4.69, 9.17) is 5.11 Å². The summed E-state index contributed by atoms with van der Waals surface area (Å²) < 4.78 is 0. The van der Waals surface area contributed by atoms with E-state index in [1.807, 2.05) is 6.92 Å². The SMILES string of the molecule is CCC(CO)Nc1cccc(NC)c1[N+](=O)[O-]. The molecule has 0 spiro atoms. The third-order valence-electron chi connectivity index (χ3n) is 2.56. The standard InChI is InChI=1S/C11H17N3O3/c1-3-8(7-15)13-10-6-4-5-9(12-2)11(10)14(16)17/h4-6,8,12-13,15H,3,7H2,1-2H3. The second kappa shape index (κ2) is 6.05. The first-order chi connectivity index (χ1) is 8.13. The number of nitro groups is 1. The molecule has 0 bridgehead atoms. The number of aliphatic hydroxyl groups excluding tert-OH is 1. The summed E-state index contributed by atoms with van der Waals surface area (Å²) in [5.74, 6) is 0. The molecule has 0 saturated heterocycles. The first kappa shape index (κ1) is 13.2. The summed E-state index contributed by atoms with van der Waals surface area (Å²) in [7, 11) is 1.63. The average molecular weight is 239 g/mol. The Kier molecular flexibility index (Phi) is 4.71. The summed E-state index contributed by atoms with van der Waals surface area (Å²) in [5.41, 5.74) is 0.873. The van der Waals surface area contributed by atoms with E-state index in [0.29, 0.717) is 17.8 Å². The molecule has 1 rings (SSSR count). The summed E-state index contributed by atoms with van der Waals surface area (Å²) in [6.45, 7) is 1.85. The van der Waals surface area contributed by atoms with E-state index >= 15 is 0 Å². The monoisotopic (exact) mass is 239 g/mol. The predicted molar refractivity (Wildman–Crippen MR) is 67.4 cm³/mol. The zero-order chi connectivity index (χ0) is 12.8. The molecule has 0 aliphatic carbocycles. The second-order valence-electron chi connectivity index (χ2n) is 3.64. The van der Waals surface area contributed by atoms with Crippen LogP contribution in [0.15, 0.2) is 18.2 Å². The van der Waals surface area contributed by atoms with Gasteiger partial charge in [-0.05, 0) is 18.6 Å². The number of benzene rings is 1. The maximum atomic E-state index is 11.0. The number of hydrogen-bond donors (Lipinski definition) is 3. The van der Waals surface area contributed by atoms with Crippen molar-refractivity contribution in [2.75, 3.05) is 24.3 Å². The molecule has 6 nitrogen and oxygen atoms in total. The Morgan fingerprint density at radius 1 is 1.47 bits per heavy atom. The van der Waals surface area contributed by atoms with E-state index in [1.54, 1.807) is 25.2 Å². The number of nitrogens with zero attached hydrogens (tertiary/aromatic N) is 1. The predicted octanol–water partition coefficient (Wildman–Crippen LogP) is 1.82. The molecule has 0 saturated carbocycles. The van der Waals surface area contributed by atoms with Crippen LogP contribution in [0.3, 0.4) is 0 Å². The van der Waals surface area contributed by atoms with Crippen LogP contribution < -0.4 is 10.6 Å². The Hall–Kier alpha value is -1.82. The zero-order valence-corrected chi connectivity index (χ0v) is 9.93. The Balaban J connectivity index is 3.09. The van der Waals surface area contributed by atoms with Gasteiger partial charge in [0.15, 0.2) is 0 Å². The molecular formula is C11H17N3O3. The Bertz CT molecular complexity index is 392. The molecule has 1 aromatic rings. The van der Waals surface area contributed by atoms with Gasteiger partial charge in [-0.1, -0.05) is 13.0 Å². The van der Waals surface area contributed by atoms with Gasteiger partial charge in [-0.25, -0.2) is 0 Å². The van der Waals surface area contributed by atoms with E-state index in [2.05, 4.69) is 10.6 Å². The molecule has 1 aromatic carbocycles. The normalized spacial score (nSPS) is 11.9. The van der Waals surface area contributed by atoms with E-state index in [9.17, 15) is 10.1 Å². The van der Waals surface area contributed by atoms with Crippen LogP contribution in [-0.2, 0) is 0 Å². The molecule has 0 aliphatic heterocycles. The molecule has 3 N–H and O–H groups in total. The summed E-state index contributed by atoms with van der Waals surface area (Å²) in [5, 5.41) is 25.9. The van der Waals surface area contributed by atoms with Crippen LogP contribution in [0.1, 0.15) is 13.3 Å². The highest BCUT2D eigenvalue weighted by Gasteiger charge is 2.20. The first-order valence-corrected chi connectivity index (χ1v) is 5.46. The Labute approximate surface area is 99.8 Å². The van der Waals surface area contributed by atoms with Crippen molar-refractivity contribution >= 4 is 17.1 Å². The lowest BCUT2D eigenvalue weighted by molar-refractivity contribution is -0.383. The summed E-state index contributed by atoms with van der Waals surface area (Å²) >= 11 is 0. The van der Waals surface area contributed by atoms with E-state index in [-0.39, 0.29) is 18.3 Å². The number of nitrogens with one attached hydrogen (secondary N) is 2. The van der Waals surface area contributed by atoms with Gasteiger partial charge in [-0.15, -0.1) is 0 Å². The maximum absolute atomic E-state index is 11.0. The minimum atomic E-state index is -0.432. The molecule has 0 aliphatic rings. The molecule has 0 fully saturated rings. The van der Waals surface area contributed by atoms with Crippen molar-refractivity contribution in [2.45, 2.75) is 19.4 Å². The molecule has 0 aromatic heterocycles. The van der Waals surface area contributed by atoms with Gasteiger partial charge < -0.3 is 15.7 Å². The lowest BCUT2D eigenvalue weighted by atomic mass is 10.2. The van der Waals surface area contributed by atoms with Crippen LogP contribution in [0.5, 0.6) is 0 Å². The maximum Gasteiger partial charge on any atom is 0.315 e. The van der Waals surface area contributed by atoms with E-state index < -0.39 is 4.92 Å². The second-order valence-corrected chi connectivity index (χ2v) is 3.64. The summed E-state index contributed by atoms with van der Waals surface area (Å²) in [4.78, 5) is 10.6. The van der Waals surface area contributed by atoms with Crippen molar-refractivity contribution in [3.63, 3.8) is 0 Å². The highest BCUT2D eigenvalue weighted by atomic mass is 16.6. The van der Waals surface area contributed by atoms with Crippen LogP contribution in [0.2, 0.25) is 0 Å². The van der Waals surface area contributed by atoms with Crippen molar-refractivity contribution in [1.29, 1.82) is 0 Å². The minimum Gasteiger partial charge on any atom is -0.394 e. The quantitative estimate of drug-likeness (QED) is 0.520. The zero-order valence-electron chi connectivity index (χ0n) is 9.93. The van der Waals surface area contributed by atoms with Crippen LogP contribution in [-0.4, -0.2) is 29.7 Å². The third-order valence-corrected chi connectivity index (χ3v) is 2.56. The first-order valence-electron chi connectivity index (χ1n) is 5.46. The fourth-order valence-electron chi connectivity index (χ4n) is 1.56. The van der Waals surface area contributed by atoms with E-state index in [1.165, 1.54) is 0 Å². The van der Waals surface area contributed by atoms with Crippen molar-refractivity contribution in [3.05, 3.63) is 28.3 Å². The molecular weight excluding hydrogens is 222 g/mol. The molecule has 1 atom stereocenters. The van der Waals surface area contributed by atoms with Crippen molar-refractivity contribution < 1.29 is 10.0 Å². The molecule has 0 amide bonds. The molecule has 0 radical (unpaired) electrons. The number of nitro benzene ring substituents is 1. The highest BCUT2D eigenvalue weighted by Crippen LogP contribution is 2.32. The van der Waals surface area contributed by atoms with Crippen molar-refractivity contribution in [1.82, 2.24) is 0 Å². The molecule has 94 valence electrons. The van der Waals surface area contributed by atoms with Gasteiger partial charge >= 0.3 is 5.69 Å². The summed E-state index contributed by atoms with van der Waals surface area (Å²) in [6.07, 6.45) is 0.692. The van der Waals surface area contributed by atoms with Crippen LogP contribution >= 0.6 is 0 Å². The Morgan fingerprint density at radius 3 is 2.59 bits per heavy atom. The van der Waals surface area contributed by atoms with Crippen molar-refractivity contribution in [3.8, 4) is 0 Å². The topological polar surface area (TPSA) is 87.4 Å². The van der Waals surface area contributed by atoms with Gasteiger partial charge in [0.1, 0.15) is 11.4 Å². The van der Waals surface area contributed by atoms with Crippen molar-refractivity contribution in [2.24, 2.45) is 0 Å². The van der Waals surface area contributed by atoms with Gasteiger partial charge in [0.2, 0.25) is 0 Å². The van der Waals surface area contributed by atoms with Crippen LogP contribution in [0.4, 0.5) is 17.1 Å². The van der Waals surface area contributed by atoms with E-state index in [0.717, 1.165) is 0 Å². The average Bonchev–Trinajstić information content (AvgIpc) is 2.34. The lowest BCUT2D eigenvalue weighted by Gasteiger charge is -2.16. The van der Waals surface area contributed by atoms with Gasteiger partial charge in [0.25, 0.3) is 0 Å². The highest BCUT2D eigenvalue weighted by molar-refractivity contribution is 5.76. The largest absolute Gasteiger partial charge is 0.394 e. The van der Waals surface area contributed by atoms with Gasteiger partial charge in [0, 0.05) is 13.1 Å². The number of anilines is 2. The Morgan fingerprint density at radius 2 is 2.12 bits per heavy atom.